The summed E-state index contributed by atoms with van der Waals surface area (Å²) >= 11 is 0. The predicted octanol–water partition coefficient (Wildman–Crippen LogP) is 2.49. The number of halogens is 1. The molecule has 158 valence electrons. The third-order valence-electron chi connectivity index (χ3n) is 5.22. The minimum Gasteiger partial charge on any atom is -0.507 e. The van der Waals surface area contributed by atoms with E-state index in [9.17, 15) is 9.50 Å². The van der Waals surface area contributed by atoms with Crippen molar-refractivity contribution in [2.45, 2.75) is 57.4 Å². The van der Waals surface area contributed by atoms with Gasteiger partial charge >= 0.3 is 0 Å². The van der Waals surface area contributed by atoms with Crippen LogP contribution in [0.5, 0.6) is 5.75 Å². The Hall–Kier alpha value is -3.14. The molecule has 2 unspecified atom stereocenters. The molecule has 1 aliphatic heterocycles. The summed E-state index contributed by atoms with van der Waals surface area (Å²) in [5.41, 5.74) is 0.592. The lowest BCUT2D eigenvalue weighted by Gasteiger charge is -2.48. The molecule has 0 radical (unpaired) electrons. The third kappa shape index (κ3) is 3.95. The van der Waals surface area contributed by atoms with E-state index in [1.54, 1.807) is 24.5 Å². The molecule has 1 saturated heterocycles. The summed E-state index contributed by atoms with van der Waals surface area (Å²) in [6.45, 7) is 7.78. The van der Waals surface area contributed by atoms with Crippen LogP contribution in [0.3, 0.4) is 0 Å². The van der Waals surface area contributed by atoms with Gasteiger partial charge in [-0.3, -0.25) is 0 Å². The van der Waals surface area contributed by atoms with Crippen LogP contribution >= 0.6 is 0 Å². The van der Waals surface area contributed by atoms with Crippen molar-refractivity contribution in [1.29, 1.82) is 0 Å². The average molecular weight is 412 g/mol. The monoisotopic (exact) mass is 412 g/mol. The van der Waals surface area contributed by atoms with Crippen molar-refractivity contribution in [2.75, 3.05) is 5.32 Å². The first kappa shape index (κ1) is 20.1. The molecule has 0 amide bonds. The van der Waals surface area contributed by atoms with Crippen molar-refractivity contribution in [3.05, 3.63) is 36.8 Å². The molecule has 9 nitrogen and oxygen atoms in total. The number of aromatic nitrogens is 6. The Bertz CT molecular complexity index is 1020. The zero-order chi connectivity index (χ0) is 21.5. The number of phenolic OH excluding ortho intramolecular Hbond substituents is 1. The highest BCUT2D eigenvalue weighted by atomic mass is 19.1. The number of alkyl halides is 1. The number of anilines is 1. The van der Waals surface area contributed by atoms with Crippen molar-refractivity contribution in [1.82, 2.24) is 35.5 Å². The Labute approximate surface area is 173 Å². The second-order valence-electron chi connectivity index (χ2n) is 8.77. The van der Waals surface area contributed by atoms with Crippen LogP contribution in [-0.4, -0.2) is 58.6 Å². The lowest BCUT2D eigenvalue weighted by molar-refractivity contribution is 0.0654. The maximum absolute atomic E-state index is 15.0. The van der Waals surface area contributed by atoms with E-state index in [1.165, 1.54) is 17.1 Å². The fourth-order valence-corrected chi connectivity index (χ4v) is 4.11. The van der Waals surface area contributed by atoms with Crippen molar-refractivity contribution in [3.63, 3.8) is 0 Å². The van der Waals surface area contributed by atoms with Crippen LogP contribution in [0.4, 0.5) is 10.3 Å². The van der Waals surface area contributed by atoms with Gasteiger partial charge in [0, 0.05) is 22.7 Å². The number of aromatic hydroxyl groups is 1. The molecule has 3 heterocycles. The smallest absolute Gasteiger partial charge is 0.243 e. The molecule has 1 fully saturated rings. The molecule has 0 bridgehead atoms. The van der Waals surface area contributed by atoms with E-state index in [4.69, 9.17) is 0 Å². The summed E-state index contributed by atoms with van der Waals surface area (Å²) in [5.74, 6) is 0.254. The maximum atomic E-state index is 15.0. The lowest BCUT2D eigenvalue weighted by atomic mass is 9.78. The van der Waals surface area contributed by atoms with Gasteiger partial charge in [-0.15, -0.1) is 10.2 Å². The van der Waals surface area contributed by atoms with Gasteiger partial charge in [-0.05, 0) is 46.2 Å². The van der Waals surface area contributed by atoms with E-state index in [2.05, 4.69) is 36.0 Å². The van der Waals surface area contributed by atoms with E-state index in [0.29, 0.717) is 23.4 Å². The minimum absolute atomic E-state index is 0.00675. The van der Waals surface area contributed by atoms with Gasteiger partial charge in [0.25, 0.3) is 0 Å². The SMILES string of the molecule is CC1(C)CC(Nc2ncc(-c3ccc(-n4nccn4)cc3O)nn2)C(F)C(C)(C)N1. The van der Waals surface area contributed by atoms with E-state index < -0.39 is 17.8 Å². The molecule has 1 aliphatic rings. The topological polar surface area (TPSA) is 114 Å². The van der Waals surface area contributed by atoms with Crippen LogP contribution in [0, 0.1) is 0 Å². The second-order valence-corrected chi connectivity index (χ2v) is 8.77. The molecule has 4 rings (SSSR count). The number of hydrogen-bond donors (Lipinski definition) is 3. The summed E-state index contributed by atoms with van der Waals surface area (Å²) in [4.78, 5) is 5.68. The van der Waals surface area contributed by atoms with Crippen molar-refractivity contribution < 1.29 is 9.50 Å². The first-order valence-corrected chi connectivity index (χ1v) is 9.74. The Morgan fingerprint density at radius 1 is 1.17 bits per heavy atom. The van der Waals surface area contributed by atoms with Gasteiger partial charge < -0.3 is 15.7 Å². The van der Waals surface area contributed by atoms with Crippen LogP contribution in [0.2, 0.25) is 0 Å². The Morgan fingerprint density at radius 3 is 2.53 bits per heavy atom. The molecule has 3 N–H and O–H groups in total. The predicted molar refractivity (Wildman–Crippen MR) is 110 cm³/mol. The summed E-state index contributed by atoms with van der Waals surface area (Å²) in [7, 11) is 0. The van der Waals surface area contributed by atoms with Gasteiger partial charge in [-0.1, -0.05) is 0 Å². The first-order valence-electron chi connectivity index (χ1n) is 9.74. The fourth-order valence-electron chi connectivity index (χ4n) is 4.11. The van der Waals surface area contributed by atoms with Crippen molar-refractivity contribution >= 4 is 5.95 Å². The maximum Gasteiger partial charge on any atom is 0.243 e. The fraction of sp³-hybridized carbons (Fsp3) is 0.450. The minimum atomic E-state index is -1.12. The quantitative estimate of drug-likeness (QED) is 0.599. The number of hydrogen-bond acceptors (Lipinski definition) is 8. The molecule has 0 aliphatic carbocycles. The van der Waals surface area contributed by atoms with E-state index in [0.717, 1.165) is 0 Å². The summed E-state index contributed by atoms with van der Waals surface area (Å²) < 4.78 is 15.0. The Morgan fingerprint density at radius 2 is 1.90 bits per heavy atom. The molecule has 1 aromatic carbocycles. The molecule has 30 heavy (non-hydrogen) atoms. The van der Waals surface area contributed by atoms with Crippen LogP contribution in [0.25, 0.3) is 16.9 Å². The molecule has 0 spiro atoms. The Balaban J connectivity index is 1.52. The van der Waals surface area contributed by atoms with Gasteiger partial charge in [-0.2, -0.15) is 15.0 Å². The van der Waals surface area contributed by atoms with Crippen LogP contribution in [0.1, 0.15) is 34.1 Å². The van der Waals surface area contributed by atoms with E-state index in [-0.39, 0.29) is 17.2 Å². The average Bonchev–Trinajstić information content (AvgIpc) is 3.20. The van der Waals surface area contributed by atoms with Crippen LogP contribution < -0.4 is 10.6 Å². The first-order chi connectivity index (χ1) is 14.1. The number of rotatable bonds is 4. The number of phenols is 1. The molecular formula is C20H25FN8O. The van der Waals surface area contributed by atoms with Crippen molar-refractivity contribution in [3.8, 4) is 22.7 Å². The number of benzene rings is 1. The second kappa shape index (κ2) is 7.28. The number of piperidine rings is 1. The largest absolute Gasteiger partial charge is 0.507 e. The van der Waals surface area contributed by atoms with Gasteiger partial charge in [-0.25, -0.2) is 9.37 Å². The summed E-state index contributed by atoms with van der Waals surface area (Å²) in [6, 6.07) is 4.55. The van der Waals surface area contributed by atoms with E-state index >= 15 is 0 Å². The number of nitrogens with zero attached hydrogens (tertiary/aromatic N) is 6. The normalized spacial score (nSPS) is 22.6. The van der Waals surface area contributed by atoms with Crippen molar-refractivity contribution in [2.24, 2.45) is 0 Å². The van der Waals surface area contributed by atoms with Gasteiger partial charge in [0.05, 0.1) is 30.3 Å². The summed E-state index contributed by atoms with van der Waals surface area (Å²) in [6.07, 6.45) is 4.06. The molecular weight excluding hydrogens is 387 g/mol. The van der Waals surface area contributed by atoms with Crippen LogP contribution in [0.15, 0.2) is 36.8 Å². The number of nitrogens with one attached hydrogen (secondary N) is 2. The summed E-state index contributed by atoms with van der Waals surface area (Å²) in [5, 5.41) is 33.1. The van der Waals surface area contributed by atoms with E-state index in [1.807, 2.05) is 27.7 Å². The van der Waals surface area contributed by atoms with Gasteiger partial charge in [0.1, 0.15) is 17.6 Å². The zero-order valence-corrected chi connectivity index (χ0v) is 17.3. The molecule has 3 aromatic rings. The highest BCUT2D eigenvalue weighted by Crippen LogP contribution is 2.33. The highest BCUT2D eigenvalue weighted by Gasteiger charge is 2.46. The van der Waals surface area contributed by atoms with Gasteiger partial charge in [0.2, 0.25) is 5.95 Å². The standard InChI is InChI=1S/C20H25FN8O/c1-19(2)10-14(17(21)20(3,4)28-19)25-18-22-11-15(26-27-18)13-6-5-12(9-16(13)30)29-23-7-8-24-29/h5-9,11,14,17,28,30H,10H2,1-4H3,(H,22,25,27). The third-order valence-corrected chi connectivity index (χ3v) is 5.22. The molecule has 0 saturated carbocycles. The zero-order valence-electron chi connectivity index (χ0n) is 17.3. The van der Waals surface area contributed by atoms with Crippen LogP contribution in [-0.2, 0) is 0 Å². The molecule has 2 atom stereocenters. The Kier molecular flexibility index (Phi) is 4.89. The van der Waals surface area contributed by atoms with Gasteiger partial charge in [0.15, 0.2) is 0 Å². The lowest BCUT2D eigenvalue weighted by Crippen LogP contribution is -2.67. The highest BCUT2D eigenvalue weighted by molar-refractivity contribution is 5.67. The molecule has 10 heteroatoms. The molecule has 2 aromatic heterocycles.